The Kier molecular flexibility index (Phi) is 7.17. The smallest absolute Gasteiger partial charge is 0.234 e. The van der Waals surface area contributed by atoms with Gasteiger partial charge in [0, 0.05) is 42.9 Å². The molecule has 5 nitrogen and oxygen atoms in total. The highest BCUT2D eigenvalue weighted by Crippen LogP contribution is 2.21. The van der Waals surface area contributed by atoms with Gasteiger partial charge in [0.1, 0.15) is 0 Å². The SMILES string of the molecule is Cc1ccsc1CNC(=O)CN1CCNCC1c1cccnc1.Cl. The van der Waals surface area contributed by atoms with Crippen LogP contribution in [0.25, 0.3) is 0 Å². The third-order valence-corrected chi connectivity index (χ3v) is 5.21. The summed E-state index contributed by atoms with van der Waals surface area (Å²) in [5.41, 5.74) is 2.40. The first-order valence-corrected chi connectivity index (χ1v) is 8.76. The number of hydrogen-bond acceptors (Lipinski definition) is 5. The average molecular weight is 367 g/mol. The fraction of sp³-hybridized carbons (Fsp3) is 0.412. The number of thiophene rings is 1. The van der Waals surface area contributed by atoms with E-state index in [2.05, 4.69) is 45.0 Å². The molecular weight excluding hydrogens is 344 g/mol. The Balaban J connectivity index is 0.00000208. The van der Waals surface area contributed by atoms with E-state index in [0.717, 1.165) is 25.2 Å². The Hall–Kier alpha value is -1.47. The standard InChI is InChI=1S/C17H22N4OS.ClH/c1-13-4-8-23-16(13)11-20-17(22)12-21-7-6-19-10-15(21)14-3-2-5-18-9-14;/h2-5,8-9,15,19H,6-7,10-12H2,1H3,(H,20,22);1H. The number of piperazine rings is 1. The zero-order valence-corrected chi connectivity index (χ0v) is 15.3. The number of pyridine rings is 1. The van der Waals surface area contributed by atoms with E-state index in [1.54, 1.807) is 17.5 Å². The highest BCUT2D eigenvalue weighted by atomic mass is 35.5. The Morgan fingerprint density at radius 3 is 3.08 bits per heavy atom. The van der Waals surface area contributed by atoms with Gasteiger partial charge >= 0.3 is 0 Å². The van der Waals surface area contributed by atoms with E-state index in [1.807, 2.05) is 12.3 Å². The van der Waals surface area contributed by atoms with E-state index in [4.69, 9.17) is 0 Å². The fourth-order valence-corrected chi connectivity index (χ4v) is 3.69. The fourth-order valence-electron chi connectivity index (χ4n) is 2.84. The molecule has 1 saturated heterocycles. The van der Waals surface area contributed by atoms with Crippen LogP contribution in [-0.4, -0.2) is 42.0 Å². The number of rotatable bonds is 5. The molecule has 1 atom stereocenters. The largest absolute Gasteiger partial charge is 0.350 e. The average Bonchev–Trinajstić information content (AvgIpc) is 2.99. The van der Waals surface area contributed by atoms with E-state index in [-0.39, 0.29) is 24.4 Å². The first kappa shape index (κ1) is 18.9. The number of aromatic nitrogens is 1. The quantitative estimate of drug-likeness (QED) is 0.851. The third kappa shape index (κ3) is 4.77. The lowest BCUT2D eigenvalue weighted by molar-refractivity contribution is -0.123. The summed E-state index contributed by atoms with van der Waals surface area (Å²) in [5.74, 6) is 0.0774. The molecule has 130 valence electrons. The van der Waals surface area contributed by atoms with Crippen LogP contribution in [0.4, 0.5) is 0 Å². The van der Waals surface area contributed by atoms with Crippen molar-refractivity contribution < 1.29 is 4.79 Å². The summed E-state index contributed by atoms with van der Waals surface area (Å²) in [6.07, 6.45) is 3.66. The van der Waals surface area contributed by atoms with E-state index in [9.17, 15) is 4.79 Å². The minimum Gasteiger partial charge on any atom is -0.350 e. The van der Waals surface area contributed by atoms with Crippen LogP contribution in [0.2, 0.25) is 0 Å². The third-order valence-electron chi connectivity index (χ3n) is 4.18. The van der Waals surface area contributed by atoms with Crippen LogP contribution in [0.5, 0.6) is 0 Å². The van der Waals surface area contributed by atoms with Gasteiger partial charge in [0.2, 0.25) is 5.91 Å². The van der Waals surface area contributed by atoms with Gasteiger partial charge in [-0.05, 0) is 35.6 Å². The molecule has 2 aromatic heterocycles. The summed E-state index contributed by atoms with van der Waals surface area (Å²) < 4.78 is 0. The van der Waals surface area contributed by atoms with Crippen molar-refractivity contribution in [1.29, 1.82) is 0 Å². The molecule has 1 aliphatic heterocycles. The summed E-state index contributed by atoms with van der Waals surface area (Å²) in [7, 11) is 0. The van der Waals surface area contributed by atoms with Crippen LogP contribution in [-0.2, 0) is 11.3 Å². The van der Waals surface area contributed by atoms with Gasteiger partial charge in [-0.2, -0.15) is 0 Å². The number of hydrogen-bond donors (Lipinski definition) is 2. The topological polar surface area (TPSA) is 57.3 Å². The van der Waals surface area contributed by atoms with Crippen LogP contribution >= 0.6 is 23.7 Å². The molecule has 1 unspecified atom stereocenters. The first-order valence-electron chi connectivity index (χ1n) is 7.88. The van der Waals surface area contributed by atoms with Crippen molar-refractivity contribution in [2.75, 3.05) is 26.2 Å². The monoisotopic (exact) mass is 366 g/mol. The van der Waals surface area contributed by atoms with Crippen molar-refractivity contribution in [1.82, 2.24) is 20.5 Å². The lowest BCUT2D eigenvalue weighted by Gasteiger charge is -2.35. The van der Waals surface area contributed by atoms with Crippen LogP contribution in [0, 0.1) is 6.92 Å². The van der Waals surface area contributed by atoms with Gasteiger partial charge < -0.3 is 10.6 Å². The van der Waals surface area contributed by atoms with Gasteiger partial charge in [-0.15, -0.1) is 23.7 Å². The zero-order valence-electron chi connectivity index (χ0n) is 13.7. The summed E-state index contributed by atoms with van der Waals surface area (Å²) in [6, 6.07) is 6.31. The molecule has 0 aromatic carbocycles. The van der Waals surface area contributed by atoms with Crippen molar-refractivity contribution in [3.63, 3.8) is 0 Å². The van der Waals surface area contributed by atoms with Crippen LogP contribution in [0.1, 0.15) is 22.0 Å². The molecule has 0 spiro atoms. The van der Waals surface area contributed by atoms with Gasteiger partial charge in [0.25, 0.3) is 0 Å². The molecule has 3 heterocycles. The summed E-state index contributed by atoms with van der Waals surface area (Å²) in [6.45, 7) is 5.74. The second-order valence-electron chi connectivity index (χ2n) is 5.78. The maximum absolute atomic E-state index is 12.3. The van der Waals surface area contributed by atoms with Gasteiger partial charge in [-0.1, -0.05) is 6.07 Å². The van der Waals surface area contributed by atoms with Gasteiger partial charge in [0.05, 0.1) is 13.1 Å². The molecule has 2 N–H and O–H groups in total. The van der Waals surface area contributed by atoms with Crippen molar-refractivity contribution in [2.45, 2.75) is 19.5 Å². The molecule has 24 heavy (non-hydrogen) atoms. The number of carbonyl (C=O) groups excluding carboxylic acids is 1. The van der Waals surface area contributed by atoms with Gasteiger partial charge in [-0.25, -0.2) is 0 Å². The predicted octanol–water partition coefficient (Wildman–Crippen LogP) is 2.14. The lowest BCUT2D eigenvalue weighted by Crippen LogP contribution is -2.49. The number of amides is 1. The molecule has 1 amide bonds. The number of nitrogens with one attached hydrogen (secondary N) is 2. The van der Waals surface area contributed by atoms with Crippen LogP contribution < -0.4 is 10.6 Å². The van der Waals surface area contributed by atoms with Crippen molar-refractivity contribution in [3.05, 3.63) is 52.0 Å². The van der Waals surface area contributed by atoms with E-state index >= 15 is 0 Å². The molecule has 0 aliphatic carbocycles. The molecular formula is C17H23ClN4OS. The lowest BCUT2D eigenvalue weighted by atomic mass is 10.1. The van der Waals surface area contributed by atoms with Crippen LogP contribution in [0.3, 0.4) is 0 Å². The van der Waals surface area contributed by atoms with E-state index < -0.39 is 0 Å². The second kappa shape index (κ2) is 9.13. The van der Waals surface area contributed by atoms with Gasteiger partial charge in [-0.3, -0.25) is 14.7 Å². The van der Waals surface area contributed by atoms with Crippen molar-refractivity contribution in [2.24, 2.45) is 0 Å². The number of aryl methyl sites for hydroxylation is 1. The summed E-state index contributed by atoms with van der Waals surface area (Å²) in [5, 5.41) is 8.50. The number of nitrogens with zero attached hydrogens (tertiary/aromatic N) is 2. The maximum Gasteiger partial charge on any atom is 0.234 e. The minimum atomic E-state index is 0. The molecule has 0 radical (unpaired) electrons. The van der Waals surface area contributed by atoms with E-state index in [0.29, 0.717) is 13.1 Å². The van der Waals surface area contributed by atoms with Gasteiger partial charge in [0.15, 0.2) is 0 Å². The summed E-state index contributed by atoms with van der Waals surface area (Å²) >= 11 is 1.69. The van der Waals surface area contributed by atoms with E-state index in [1.165, 1.54) is 10.4 Å². The maximum atomic E-state index is 12.3. The number of halogens is 1. The highest BCUT2D eigenvalue weighted by Gasteiger charge is 2.25. The Bertz CT molecular complexity index is 649. The van der Waals surface area contributed by atoms with Crippen molar-refractivity contribution in [3.8, 4) is 0 Å². The minimum absolute atomic E-state index is 0. The predicted molar refractivity (Wildman–Crippen MR) is 99.6 cm³/mol. The summed E-state index contributed by atoms with van der Waals surface area (Å²) in [4.78, 5) is 20.0. The van der Waals surface area contributed by atoms with Crippen molar-refractivity contribution >= 4 is 29.7 Å². The Morgan fingerprint density at radius 1 is 1.50 bits per heavy atom. The van der Waals surface area contributed by atoms with Crippen LogP contribution in [0.15, 0.2) is 36.0 Å². The number of carbonyl (C=O) groups is 1. The first-order chi connectivity index (χ1) is 11.2. The Morgan fingerprint density at radius 2 is 2.38 bits per heavy atom. The molecule has 7 heteroatoms. The molecule has 0 saturated carbocycles. The zero-order chi connectivity index (χ0) is 16.1. The molecule has 0 bridgehead atoms. The molecule has 1 fully saturated rings. The Labute approximate surface area is 152 Å². The normalized spacial score (nSPS) is 18.0. The molecule has 3 rings (SSSR count). The molecule has 1 aliphatic rings. The highest BCUT2D eigenvalue weighted by molar-refractivity contribution is 7.10. The second-order valence-corrected chi connectivity index (χ2v) is 6.78. The molecule has 2 aromatic rings.